The van der Waals surface area contributed by atoms with Crippen LogP contribution in [0.1, 0.15) is 12.0 Å². The first-order valence-electron chi connectivity index (χ1n) is 6.78. The number of nitrogens with zero attached hydrogens (tertiary/aromatic N) is 3. The van der Waals surface area contributed by atoms with Gasteiger partial charge in [0.2, 0.25) is 0 Å². The molecule has 1 aromatic rings. The first-order chi connectivity index (χ1) is 9.39. The van der Waals surface area contributed by atoms with Gasteiger partial charge in [-0.1, -0.05) is 36.4 Å². The van der Waals surface area contributed by atoms with Gasteiger partial charge in [-0.15, -0.1) is 0 Å². The van der Waals surface area contributed by atoms with Gasteiger partial charge in [-0.25, -0.2) is 9.34 Å². The highest BCUT2D eigenvalue weighted by Crippen LogP contribution is 2.52. The number of allylic oxidation sites excluding steroid dienone is 1. The molecule has 0 heterocycles. The molecule has 0 saturated carbocycles. The van der Waals surface area contributed by atoms with Crippen LogP contribution in [0.3, 0.4) is 0 Å². The standard InChI is InChI=1S/C15H26N3OP/c1-16(2)20(19,17(3)4)18(5)14-10-9-13-15-11-7-6-8-12-15/h6-8,10-12,14H,9,13H2,1-5H3/b14-10+. The van der Waals surface area contributed by atoms with Gasteiger partial charge in [0.05, 0.1) is 0 Å². The monoisotopic (exact) mass is 295 g/mol. The molecule has 0 N–H and O–H groups in total. The summed E-state index contributed by atoms with van der Waals surface area (Å²) in [6.45, 7) is 0. The molecule has 112 valence electrons. The topological polar surface area (TPSA) is 26.8 Å². The predicted molar refractivity (Wildman–Crippen MR) is 86.6 cm³/mol. The smallest absolute Gasteiger partial charge is 0.309 e. The molecule has 5 heteroatoms. The number of aryl methyl sites for hydroxylation is 1. The molecule has 0 saturated heterocycles. The SMILES string of the molecule is CN(C)P(=O)(N(C)C)N(C)/C=C/CCc1ccccc1. The number of hydrogen-bond acceptors (Lipinski definition) is 1. The molecular weight excluding hydrogens is 269 g/mol. The Labute approximate surface area is 123 Å². The fourth-order valence-corrected chi connectivity index (χ4v) is 4.24. The van der Waals surface area contributed by atoms with E-state index in [-0.39, 0.29) is 0 Å². The summed E-state index contributed by atoms with van der Waals surface area (Å²) in [7, 11) is 6.58. The molecule has 0 aliphatic carbocycles. The van der Waals surface area contributed by atoms with Crippen molar-refractivity contribution < 1.29 is 4.57 Å². The summed E-state index contributed by atoms with van der Waals surface area (Å²) in [5.41, 5.74) is 1.32. The van der Waals surface area contributed by atoms with E-state index in [0.717, 1.165) is 12.8 Å². The van der Waals surface area contributed by atoms with Crippen molar-refractivity contribution in [3.8, 4) is 0 Å². The molecule has 0 fully saturated rings. The highest BCUT2D eigenvalue weighted by molar-refractivity contribution is 7.56. The molecule has 0 spiro atoms. The Morgan fingerprint density at radius 3 is 2.05 bits per heavy atom. The lowest BCUT2D eigenvalue weighted by Gasteiger charge is -2.36. The van der Waals surface area contributed by atoms with Crippen LogP contribution < -0.4 is 0 Å². The normalized spacial score (nSPS) is 12.6. The molecule has 0 aliphatic rings. The third kappa shape index (κ3) is 4.20. The molecule has 1 rings (SSSR count). The first kappa shape index (κ1) is 17.0. The zero-order valence-corrected chi connectivity index (χ0v) is 14.0. The number of rotatable bonds is 7. The van der Waals surface area contributed by atoms with E-state index in [1.807, 2.05) is 47.5 Å². The third-order valence-corrected chi connectivity index (χ3v) is 6.26. The Balaban J connectivity index is 2.59. The molecule has 0 aliphatic heterocycles. The average Bonchev–Trinajstić information content (AvgIpc) is 2.43. The second-order valence-corrected chi connectivity index (χ2v) is 8.45. The summed E-state index contributed by atoms with van der Waals surface area (Å²) in [6.07, 6.45) is 5.94. The van der Waals surface area contributed by atoms with Crippen LogP contribution in [0.15, 0.2) is 42.6 Å². The molecule has 0 radical (unpaired) electrons. The maximum Gasteiger partial charge on any atom is 0.309 e. The van der Waals surface area contributed by atoms with Crippen LogP contribution in [0.25, 0.3) is 0 Å². The zero-order valence-electron chi connectivity index (χ0n) is 13.2. The van der Waals surface area contributed by atoms with Crippen LogP contribution in [-0.4, -0.2) is 49.2 Å². The minimum absolute atomic E-state index is 0.940. The molecule has 20 heavy (non-hydrogen) atoms. The zero-order chi connectivity index (χ0) is 15.2. The summed E-state index contributed by atoms with van der Waals surface area (Å²) in [5.74, 6) is 0. The highest BCUT2D eigenvalue weighted by Gasteiger charge is 2.31. The van der Waals surface area contributed by atoms with E-state index in [1.165, 1.54) is 5.56 Å². The van der Waals surface area contributed by atoms with Crippen molar-refractivity contribution in [3.05, 3.63) is 48.2 Å². The van der Waals surface area contributed by atoms with Gasteiger partial charge in [-0.2, -0.15) is 0 Å². The van der Waals surface area contributed by atoms with Crippen molar-refractivity contribution in [2.45, 2.75) is 12.8 Å². The third-order valence-electron chi connectivity index (χ3n) is 3.22. The van der Waals surface area contributed by atoms with E-state index in [9.17, 15) is 4.57 Å². The van der Waals surface area contributed by atoms with Crippen LogP contribution in [0, 0.1) is 0 Å². The van der Waals surface area contributed by atoms with Crippen LogP contribution in [0.4, 0.5) is 0 Å². The van der Waals surface area contributed by atoms with Gasteiger partial charge < -0.3 is 4.67 Å². The maximum absolute atomic E-state index is 12.9. The van der Waals surface area contributed by atoms with Crippen molar-refractivity contribution in [3.63, 3.8) is 0 Å². The molecule has 0 amide bonds. The molecule has 0 unspecified atom stereocenters. The van der Waals surface area contributed by atoms with Crippen molar-refractivity contribution in [1.82, 2.24) is 14.0 Å². The molecule has 0 aromatic heterocycles. The molecule has 1 aromatic carbocycles. The van der Waals surface area contributed by atoms with E-state index in [4.69, 9.17) is 0 Å². The van der Waals surface area contributed by atoms with Crippen LogP contribution in [-0.2, 0) is 11.0 Å². The lowest BCUT2D eigenvalue weighted by molar-refractivity contribution is 0.395. The van der Waals surface area contributed by atoms with E-state index >= 15 is 0 Å². The number of hydrogen-bond donors (Lipinski definition) is 0. The van der Waals surface area contributed by atoms with E-state index < -0.39 is 7.59 Å². The summed E-state index contributed by atoms with van der Waals surface area (Å²) >= 11 is 0. The minimum Gasteiger partial charge on any atom is -0.309 e. The fraction of sp³-hybridized carbons (Fsp3) is 0.467. The summed E-state index contributed by atoms with van der Waals surface area (Å²) < 4.78 is 18.3. The van der Waals surface area contributed by atoms with Crippen LogP contribution >= 0.6 is 7.59 Å². The lowest BCUT2D eigenvalue weighted by atomic mass is 10.1. The fourth-order valence-electron chi connectivity index (χ4n) is 2.13. The summed E-state index contributed by atoms with van der Waals surface area (Å²) in [6, 6.07) is 10.4. The van der Waals surface area contributed by atoms with E-state index in [0.29, 0.717) is 0 Å². The van der Waals surface area contributed by atoms with Crippen LogP contribution in [0.5, 0.6) is 0 Å². The summed E-state index contributed by atoms with van der Waals surface area (Å²) in [4.78, 5) is 0. The second-order valence-electron chi connectivity index (χ2n) is 5.19. The largest absolute Gasteiger partial charge is 0.309 e. The van der Waals surface area contributed by atoms with Gasteiger partial charge >= 0.3 is 7.59 Å². The second kappa shape index (κ2) is 7.63. The summed E-state index contributed by atoms with van der Waals surface area (Å²) in [5, 5.41) is 0. The molecule has 4 nitrogen and oxygen atoms in total. The minimum atomic E-state index is -2.65. The first-order valence-corrected chi connectivity index (χ1v) is 8.35. The predicted octanol–water partition coefficient (Wildman–Crippen LogP) is 3.30. The quantitative estimate of drug-likeness (QED) is 0.721. The highest BCUT2D eigenvalue weighted by atomic mass is 31.2. The van der Waals surface area contributed by atoms with Gasteiger partial charge in [0.1, 0.15) is 0 Å². The Morgan fingerprint density at radius 2 is 1.55 bits per heavy atom. The van der Waals surface area contributed by atoms with E-state index in [1.54, 1.807) is 14.0 Å². The Hall–Kier alpha value is -1.09. The number of benzene rings is 1. The maximum atomic E-state index is 12.9. The van der Waals surface area contributed by atoms with Crippen molar-refractivity contribution in [1.29, 1.82) is 0 Å². The molecular formula is C15H26N3OP. The Kier molecular flexibility index (Phi) is 6.47. The lowest BCUT2D eigenvalue weighted by Crippen LogP contribution is -2.29. The van der Waals surface area contributed by atoms with Crippen molar-refractivity contribution >= 4 is 7.59 Å². The molecule has 0 bridgehead atoms. The van der Waals surface area contributed by atoms with Crippen molar-refractivity contribution in [2.24, 2.45) is 0 Å². The van der Waals surface area contributed by atoms with Gasteiger partial charge in [0.25, 0.3) is 0 Å². The van der Waals surface area contributed by atoms with E-state index in [2.05, 4.69) is 30.3 Å². The van der Waals surface area contributed by atoms with Gasteiger partial charge in [-0.05, 0) is 46.6 Å². The van der Waals surface area contributed by atoms with Gasteiger partial charge in [0.15, 0.2) is 0 Å². The Morgan fingerprint density at radius 1 is 1.00 bits per heavy atom. The van der Waals surface area contributed by atoms with Crippen LogP contribution in [0.2, 0.25) is 0 Å². The Bertz CT molecular complexity index is 459. The average molecular weight is 295 g/mol. The van der Waals surface area contributed by atoms with Gasteiger partial charge in [-0.3, -0.25) is 4.57 Å². The van der Waals surface area contributed by atoms with Gasteiger partial charge in [0, 0.05) is 13.2 Å². The molecule has 0 atom stereocenters. The van der Waals surface area contributed by atoms with Crippen molar-refractivity contribution in [2.75, 3.05) is 35.2 Å².